The van der Waals surface area contributed by atoms with Crippen molar-refractivity contribution in [2.24, 2.45) is 0 Å². The van der Waals surface area contributed by atoms with Crippen molar-refractivity contribution in [1.82, 2.24) is 14.6 Å². The van der Waals surface area contributed by atoms with E-state index in [1.165, 1.54) is 30.5 Å². The lowest BCUT2D eigenvalue weighted by atomic mass is 10.0. The van der Waals surface area contributed by atoms with Crippen LogP contribution in [0.2, 0.25) is 5.02 Å². The topological polar surface area (TPSA) is 76.4 Å². The maximum atomic E-state index is 13.9. The molecule has 5 rings (SSSR count). The minimum Gasteiger partial charge on any atom is -0.321 e. The number of carbonyl (C=O) groups excluding carboxylic acids is 2. The van der Waals surface area contributed by atoms with Crippen molar-refractivity contribution < 1.29 is 18.4 Å². The van der Waals surface area contributed by atoms with Gasteiger partial charge in [0.2, 0.25) is 0 Å². The molecule has 9 heteroatoms. The summed E-state index contributed by atoms with van der Waals surface area (Å²) in [7, 11) is 0. The number of alkyl halides is 2. The summed E-state index contributed by atoms with van der Waals surface area (Å²) in [4.78, 5) is 30.8. The molecular weight excluding hydrogens is 486 g/mol. The van der Waals surface area contributed by atoms with Crippen LogP contribution in [0, 0.1) is 0 Å². The Morgan fingerprint density at radius 2 is 1.58 bits per heavy atom. The minimum atomic E-state index is -2.85. The third-order valence-corrected chi connectivity index (χ3v) is 5.78. The Kier molecular flexibility index (Phi) is 6.26. The standard InChI is InChI=1S/C27H17ClF2N4O2/c28-18-11-12-21(19(13-18)24(35)17-9-5-2-6-10-17)33-27(36)20-15-31-34-23(25(29)30)14-22(32-26(20)34)16-7-3-1-4-8-16/h1-15,25H,(H,33,36). The maximum Gasteiger partial charge on any atom is 0.280 e. The molecule has 0 radical (unpaired) electrons. The van der Waals surface area contributed by atoms with E-state index >= 15 is 0 Å². The molecule has 0 saturated carbocycles. The molecule has 36 heavy (non-hydrogen) atoms. The van der Waals surface area contributed by atoms with E-state index in [1.807, 2.05) is 0 Å². The fourth-order valence-corrected chi connectivity index (χ4v) is 3.98. The first kappa shape index (κ1) is 23.3. The highest BCUT2D eigenvalue weighted by Crippen LogP contribution is 2.28. The number of amides is 1. The molecular formula is C27H17ClF2N4O2. The number of fused-ring (bicyclic) bond motifs is 1. The van der Waals surface area contributed by atoms with Gasteiger partial charge in [0, 0.05) is 21.7 Å². The summed E-state index contributed by atoms with van der Waals surface area (Å²) in [5.41, 5.74) is 1.25. The van der Waals surface area contributed by atoms with Crippen molar-refractivity contribution in [2.45, 2.75) is 6.43 Å². The van der Waals surface area contributed by atoms with Crippen LogP contribution in [0.25, 0.3) is 16.9 Å². The van der Waals surface area contributed by atoms with Gasteiger partial charge in [0.25, 0.3) is 12.3 Å². The van der Waals surface area contributed by atoms with Crippen LogP contribution in [0.15, 0.2) is 91.1 Å². The van der Waals surface area contributed by atoms with Gasteiger partial charge in [0.05, 0.1) is 17.6 Å². The second kappa shape index (κ2) is 9.67. The van der Waals surface area contributed by atoms with E-state index in [1.54, 1.807) is 60.7 Å². The molecule has 0 saturated heterocycles. The van der Waals surface area contributed by atoms with Gasteiger partial charge in [0.15, 0.2) is 11.4 Å². The number of anilines is 1. The summed E-state index contributed by atoms with van der Waals surface area (Å²) in [5, 5.41) is 6.99. The number of nitrogens with zero attached hydrogens (tertiary/aromatic N) is 3. The molecule has 5 aromatic rings. The van der Waals surface area contributed by atoms with Crippen molar-refractivity contribution in [2.75, 3.05) is 5.32 Å². The number of rotatable bonds is 6. The van der Waals surface area contributed by atoms with Crippen molar-refractivity contribution in [3.8, 4) is 11.3 Å². The largest absolute Gasteiger partial charge is 0.321 e. The van der Waals surface area contributed by atoms with Crippen LogP contribution in [0.4, 0.5) is 14.5 Å². The van der Waals surface area contributed by atoms with Gasteiger partial charge in [-0.3, -0.25) is 9.59 Å². The first-order valence-electron chi connectivity index (χ1n) is 10.9. The zero-order chi connectivity index (χ0) is 25.2. The fraction of sp³-hybridized carbons (Fsp3) is 0.0370. The van der Waals surface area contributed by atoms with Crippen molar-refractivity contribution in [1.29, 1.82) is 0 Å². The lowest BCUT2D eigenvalue weighted by Gasteiger charge is -2.11. The van der Waals surface area contributed by atoms with E-state index < -0.39 is 18.0 Å². The lowest BCUT2D eigenvalue weighted by molar-refractivity contribution is 0.102. The molecule has 2 heterocycles. The Bertz CT molecular complexity index is 1590. The van der Waals surface area contributed by atoms with Gasteiger partial charge in [-0.15, -0.1) is 0 Å². The zero-order valence-corrected chi connectivity index (χ0v) is 19.3. The quantitative estimate of drug-likeness (QED) is 0.270. The number of nitrogens with one attached hydrogen (secondary N) is 1. The van der Waals surface area contributed by atoms with Gasteiger partial charge in [0.1, 0.15) is 11.3 Å². The van der Waals surface area contributed by atoms with E-state index in [4.69, 9.17) is 11.6 Å². The van der Waals surface area contributed by atoms with Crippen LogP contribution in [0.5, 0.6) is 0 Å². The predicted molar refractivity (Wildman–Crippen MR) is 133 cm³/mol. The Hall–Kier alpha value is -4.43. The van der Waals surface area contributed by atoms with E-state index in [0.717, 1.165) is 4.52 Å². The molecule has 0 aliphatic heterocycles. The summed E-state index contributed by atoms with van der Waals surface area (Å²) in [5.74, 6) is -0.995. The molecule has 0 bridgehead atoms. The minimum absolute atomic E-state index is 0.0252. The average molecular weight is 503 g/mol. The summed E-state index contributed by atoms with van der Waals surface area (Å²) in [6.07, 6.45) is -1.67. The van der Waals surface area contributed by atoms with E-state index in [9.17, 15) is 18.4 Å². The molecule has 3 aromatic carbocycles. The molecule has 0 aliphatic carbocycles. The van der Waals surface area contributed by atoms with Crippen LogP contribution < -0.4 is 5.32 Å². The molecule has 1 amide bonds. The number of benzene rings is 3. The molecule has 0 fully saturated rings. The highest BCUT2D eigenvalue weighted by Gasteiger charge is 2.23. The fourth-order valence-electron chi connectivity index (χ4n) is 3.81. The first-order chi connectivity index (χ1) is 17.4. The van der Waals surface area contributed by atoms with E-state index in [2.05, 4.69) is 15.4 Å². The lowest BCUT2D eigenvalue weighted by Crippen LogP contribution is -2.16. The molecule has 0 aliphatic rings. The van der Waals surface area contributed by atoms with Gasteiger partial charge in [-0.2, -0.15) is 5.10 Å². The van der Waals surface area contributed by atoms with E-state index in [-0.39, 0.29) is 33.9 Å². The average Bonchev–Trinajstić information content (AvgIpc) is 3.34. The summed E-state index contributed by atoms with van der Waals surface area (Å²) in [6, 6.07) is 23.1. The van der Waals surface area contributed by atoms with E-state index in [0.29, 0.717) is 16.1 Å². The van der Waals surface area contributed by atoms with Gasteiger partial charge < -0.3 is 5.32 Å². The molecule has 6 nitrogen and oxygen atoms in total. The third-order valence-electron chi connectivity index (χ3n) is 5.55. The smallest absolute Gasteiger partial charge is 0.280 e. The summed E-state index contributed by atoms with van der Waals surface area (Å²) >= 11 is 6.13. The molecule has 2 aromatic heterocycles. The van der Waals surface area contributed by atoms with Crippen molar-refractivity contribution >= 4 is 34.6 Å². The highest BCUT2D eigenvalue weighted by atomic mass is 35.5. The van der Waals surface area contributed by atoms with Crippen LogP contribution in [0.3, 0.4) is 0 Å². The molecule has 1 N–H and O–H groups in total. The number of halogens is 3. The zero-order valence-electron chi connectivity index (χ0n) is 18.5. The van der Waals surface area contributed by atoms with Crippen LogP contribution in [-0.4, -0.2) is 26.3 Å². The second-order valence-corrected chi connectivity index (χ2v) is 8.30. The SMILES string of the molecule is O=C(c1ccccc1)c1cc(Cl)ccc1NC(=O)c1cnn2c(C(F)F)cc(-c3ccccc3)nc12. The highest BCUT2D eigenvalue weighted by molar-refractivity contribution is 6.31. The molecule has 178 valence electrons. The van der Waals surface area contributed by atoms with Gasteiger partial charge in [-0.05, 0) is 24.3 Å². The predicted octanol–water partition coefficient (Wildman–Crippen LogP) is 6.47. The Balaban J connectivity index is 1.56. The molecule has 0 atom stereocenters. The number of ketones is 1. The van der Waals surface area contributed by atoms with Gasteiger partial charge >= 0.3 is 0 Å². The number of hydrogen-bond donors (Lipinski definition) is 1. The van der Waals surface area contributed by atoms with Crippen LogP contribution in [-0.2, 0) is 0 Å². The Morgan fingerprint density at radius 3 is 2.28 bits per heavy atom. The van der Waals surface area contributed by atoms with Crippen LogP contribution in [0.1, 0.15) is 38.4 Å². The van der Waals surface area contributed by atoms with Gasteiger partial charge in [-0.25, -0.2) is 18.3 Å². The Labute approximate surface area is 209 Å². The number of hydrogen-bond acceptors (Lipinski definition) is 4. The normalized spacial score (nSPS) is 11.1. The maximum absolute atomic E-state index is 13.9. The van der Waals surface area contributed by atoms with Crippen LogP contribution >= 0.6 is 11.6 Å². The third kappa shape index (κ3) is 4.46. The second-order valence-electron chi connectivity index (χ2n) is 7.87. The monoisotopic (exact) mass is 502 g/mol. The summed E-state index contributed by atoms with van der Waals surface area (Å²) < 4.78 is 28.7. The Morgan fingerprint density at radius 1 is 0.889 bits per heavy atom. The van der Waals surface area contributed by atoms with Gasteiger partial charge in [-0.1, -0.05) is 72.3 Å². The first-order valence-corrected chi connectivity index (χ1v) is 11.2. The number of aromatic nitrogens is 3. The van der Waals surface area contributed by atoms with Crippen molar-refractivity contribution in [3.63, 3.8) is 0 Å². The van der Waals surface area contributed by atoms with Crippen molar-refractivity contribution in [3.05, 3.63) is 119 Å². The number of carbonyl (C=O) groups is 2. The molecule has 0 unspecified atom stereocenters. The summed E-state index contributed by atoms with van der Waals surface area (Å²) in [6.45, 7) is 0. The molecule has 0 spiro atoms.